The highest BCUT2D eigenvalue weighted by Gasteiger charge is 2.15. The number of hydrogen-bond acceptors (Lipinski definition) is 5. The summed E-state index contributed by atoms with van der Waals surface area (Å²) >= 11 is 0. The van der Waals surface area contributed by atoms with Crippen LogP contribution in [0, 0.1) is 11.3 Å². The molecule has 70 valence electrons. The first-order chi connectivity index (χ1) is 6.65. The molecular formula is C9H7N3O2. The van der Waals surface area contributed by atoms with E-state index in [-0.39, 0.29) is 23.6 Å². The van der Waals surface area contributed by atoms with Crippen LogP contribution in [0.4, 0.5) is 0 Å². The van der Waals surface area contributed by atoms with E-state index in [2.05, 4.69) is 9.97 Å². The number of hydrogen-bond donors (Lipinski definition) is 0. The van der Waals surface area contributed by atoms with Crippen LogP contribution in [0.2, 0.25) is 0 Å². The molecule has 0 amide bonds. The Morgan fingerprint density at radius 3 is 2.64 bits per heavy atom. The van der Waals surface area contributed by atoms with Gasteiger partial charge in [0, 0.05) is 12.4 Å². The van der Waals surface area contributed by atoms with Crippen LogP contribution in [0.3, 0.4) is 0 Å². The van der Waals surface area contributed by atoms with Gasteiger partial charge in [-0.05, 0) is 6.92 Å². The van der Waals surface area contributed by atoms with Gasteiger partial charge in [-0.15, -0.1) is 0 Å². The summed E-state index contributed by atoms with van der Waals surface area (Å²) in [7, 11) is 0. The van der Waals surface area contributed by atoms with Gasteiger partial charge in [-0.2, -0.15) is 5.26 Å². The van der Waals surface area contributed by atoms with E-state index in [9.17, 15) is 9.59 Å². The second-order valence-corrected chi connectivity index (χ2v) is 2.67. The zero-order chi connectivity index (χ0) is 10.6. The second kappa shape index (κ2) is 4.23. The summed E-state index contributed by atoms with van der Waals surface area (Å²) in [6.45, 7) is 1.31. The van der Waals surface area contributed by atoms with Crippen LogP contribution in [-0.4, -0.2) is 21.5 Å². The molecule has 5 heteroatoms. The zero-order valence-corrected chi connectivity index (χ0v) is 7.52. The van der Waals surface area contributed by atoms with Gasteiger partial charge in [-0.1, -0.05) is 0 Å². The summed E-state index contributed by atoms with van der Waals surface area (Å²) in [5, 5.41) is 8.61. The Kier molecular flexibility index (Phi) is 3.02. The predicted octanol–water partition coefficient (Wildman–Crippen LogP) is 0.510. The Hall–Kier alpha value is -2.09. The molecule has 0 saturated carbocycles. The van der Waals surface area contributed by atoms with E-state index in [1.165, 1.54) is 19.3 Å². The van der Waals surface area contributed by atoms with Gasteiger partial charge < -0.3 is 0 Å². The molecule has 0 spiro atoms. The van der Waals surface area contributed by atoms with Crippen molar-refractivity contribution < 1.29 is 9.59 Å². The monoisotopic (exact) mass is 189 g/mol. The number of nitrogens with zero attached hydrogens (tertiary/aromatic N) is 3. The average Bonchev–Trinajstić information content (AvgIpc) is 2.16. The molecule has 0 aliphatic carbocycles. The lowest BCUT2D eigenvalue weighted by molar-refractivity contribution is -0.116. The van der Waals surface area contributed by atoms with Crippen molar-refractivity contribution in [2.75, 3.05) is 0 Å². The van der Waals surface area contributed by atoms with Crippen LogP contribution < -0.4 is 0 Å². The lowest BCUT2D eigenvalue weighted by Gasteiger charge is -1.97. The van der Waals surface area contributed by atoms with Gasteiger partial charge in [0.15, 0.2) is 11.5 Å². The first-order valence-electron chi connectivity index (χ1n) is 3.89. The highest BCUT2D eigenvalue weighted by molar-refractivity contribution is 6.07. The molecule has 14 heavy (non-hydrogen) atoms. The van der Waals surface area contributed by atoms with Crippen molar-refractivity contribution in [3.05, 3.63) is 23.8 Å². The van der Waals surface area contributed by atoms with Crippen molar-refractivity contribution in [1.29, 1.82) is 5.26 Å². The summed E-state index contributed by atoms with van der Waals surface area (Å²) in [6.07, 6.45) is 2.39. The third-order valence-electron chi connectivity index (χ3n) is 1.48. The quantitative estimate of drug-likeness (QED) is 0.511. The van der Waals surface area contributed by atoms with Gasteiger partial charge >= 0.3 is 0 Å². The minimum atomic E-state index is -0.470. The molecule has 1 heterocycles. The van der Waals surface area contributed by atoms with E-state index in [4.69, 9.17) is 5.26 Å². The summed E-state index contributed by atoms with van der Waals surface area (Å²) in [4.78, 5) is 29.4. The maximum atomic E-state index is 11.4. The Labute approximate surface area is 80.4 Å². The Morgan fingerprint density at radius 2 is 2.07 bits per heavy atom. The van der Waals surface area contributed by atoms with E-state index in [0.29, 0.717) is 0 Å². The van der Waals surface area contributed by atoms with Crippen molar-refractivity contribution in [1.82, 2.24) is 9.97 Å². The van der Waals surface area contributed by atoms with Gasteiger partial charge in [-0.3, -0.25) is 9.59 Å². The lowest BCUT2D eigenvalue weighted by Crippen LogP contribution is -2.10. The van der Waals surface area contributed by atoms with Crippen LogP contribution in [-0.2, 0) is 4.79 Å². The van der Waals surface area contributed by atoms with E-state index >= 15 is 0 Å². The minimum absolute atomic E-state index is 0.0369. The molecule has 1 aromatic heterocycles. The fraction of sp³-hybridized carbons (Fsp3) is 0.222. The number of carbonyl (C=O) groups excluding carboxylic acids is 2. The lowest BCUT2D eigenvalue weighted by atomic mass is 10.1. The summed E-state index contributed by atoms with van der Waals surface area (Å²) < 4.78 is 0. The molecule has 0 atom stereocenters. The molecule has 1 aromatic rings. The van der Waals surface area contributed by atoms with Crippen LogP contribution in [0.15, 0.2) is 12.4 Å². The molecule has 0 aliphatic rings. The molecule has 0 saturated heterocycles. The molecule has 5 nitrogen and oxygen atoms in total. The van der Waals surface area contributed by atoms with Crippen molar-refractivity contribution in [2.24, 2.45) is 0 Å². The Balaban J connectivity index is 3.01. The van der Waals surface area contributed by atoms with Gasteiger partial charge in [0.25, 0.3) is 0 Å². The first kappa shape index (κ1) is 9.99. The number of ketones is 2. The Bertz CT molecular complexity index is 420. The van der Waals surface area contributed by atoms with E-state index < -0.39 is 5.78 Å². The SMILES string of the molecule is CC(=O)CC(=O)c1nccnc1C#N. The second-order valence-electron chi connectivity index (χ2n) is 2.67. The molecule has 0 aromatic carbocycles. The molecule has 0 fully saturated rings. The first-order valence-corrected chi connectivity index (χ1v) is 3.89. The van der Waals surface area contributed by atoms with E-state index in [1.807, 2.05) is 0 Å². The smallest absolute Gasteiger partial charge is 0.191 e. The molecule has 0 aliphatic heterocycles. The summed E-state index contributed by atoms with van der Waals surface area (Å²) in [6, 6.07) is 1.74. The highest BCUT2D eigenvalue weighted by atomic mass is 16.1. The maximum absolute atomic E-state index is 11.4. The fourth-order valence-electron chi connectivity index (χ4n) is 0.934. The van der Waals surface area contributed by atoms with Crippen molar-refractivity contribution in [3.63, 3.8) is 0 Å². The van der Waals surface area contributed by atoms with Gasteiger partial charge in [0.1, 0.15) is 17.5 Å². The van der Waals surface area contributed by atoms with Gasteiger partial charge in [-0.25, -0.2) is 9.97 Å². The molecule has 0 N–H and O–H groups in total. The molecular weight excluding hydrogens is 182 g/mol. The van der Waals surface area contributed by atoms with Crippen molar-refractivity contribution in [3.8, 4) is 6.07 Å². The Morgan fingerprint density at radius 1 is 1.43 bits per heavy atom. The third kappa shape index (κ3) is 2.20. The highest BCUT2D eigenvalue weighted by Crippen LogP contribution is 2.03. The summed E-state index contributed by atoms with van der Waals surface area (Å²) in [5.74, 6) is -0.730. The fourth-order valence-corrected chi connectivity index (χ4v) is 0.934. The molecule has 0 unspecified atom stereocenters. The van der Waals surface area contributed by atoms with Crippen molar-refractivity contribution >= 4 is 11.6 Å². The topological polar surface area (TPSA) is 83.7 Å². The van der Waals surface area contributed by atoms with Crippen LogP contribution in [0.5, 0.6) is 0 Å². The predicted molar refractivity (Wildman–Crippen MR) is 46.4 cm³/mol. The van der Waals surface area contributed by atoms with Crippen LogP contribution in [0.25, 0.3) is 0 Å². The van der Waals surface area contributed by atoms with Crippen LogP contribution >= 0.6 is 0 Å². The maximum Gasteiger partial charge on any atom is 0.191 e. The molecule has 0 radical (unpaired) electrons. The van der Waals surface area contributed by atoms with Gasteiger partial charge in [0.2, 0.25) is 0 Å². The number of carbonyl (C=O) groups is 2. The van der Waals surface area contributed by atoms with Crippen molar-refractivity contribution in [2.45, 2.75) is 13.3 Å². The largest absolute Gasteiger partial charge is 0.300 e. The molecule has 0 bridgehead atoms. The third-order valence-corrected chi connectivity index (χ3v) is 1.48. The van der Waals surface area contributed by atoms with E-state index in [0.717, 1.165) is 0 Å². The number of nitriles is 1. The minimum Gasteiger partial charge on any atom is -0.300 e. The average molecular weight is 189 g/mol. The standard InChI is InChI=1S/C9H7N3O2/c1-6(13)4-8(14)9-7(5-10)11-2-3-12-9/h2-3H,4H2,1H3. The number of aromatic nitrogens is 2. The normalized spacial score (nSPS) is 9.14. The van der Waals surface area contributed by atoms with Crippen LogP contribution in [0.1, 0.15) is 29.5 Å². The zero-order valence-electron chi connectivity index (χ0n) is 7.52. The summed E-state index contributed by atoms with van der Waals surface area (Å²) in [5.41, 5.74) is -0.0797. The van der Waals surface area contributed by atoms with Gasteiger partial charge in [0.05, 0.1) is 6.42 Å². The van der Waals surface area contributed by atoms with E-state index in [1.54, 1.807) is 6.07 Å². The number of Topliss-reactive ketones (excluding diaryl/α,β-unsaturated/α-hetero) is 2. The molecule has 1 rings (SSSR count). The number of rotatable bonds is 3.